The van der Waals surface area contributed by atoms with Gasteiger partial charge < -0.3 is 13.6 Å². The van der Waals surface area contributed by atoms with E-state index in [2.05, 4.69) is 118 Å². The van der Waals surface area contributed by atoms with Crippen LogP contribution in [0.2, 0.25) is 0 Å². The summed E-state index contributed by atoms with van der Waals surface area (Å²) in [4.78, 5) is 10.1. The van der Waals surface area contributed by atoms with E-state index >= 15 is 0 Å². The molecule has 0 bridgehead atoms. The molecule has 0 saturated heterocycles. The number of benzene rings is 8. The molecule has 0 amide bonds. The lowest BCUT2D eigenvalue weighted by Crippen LogP contribution is -2.00. The zero-order valence-electron chi connectivity index (χ0n) is 30.4. The van der Waals surface area contributed by atoms with Gasteiger partial charge in [-0.3, -0.25) is 0 Å². The molecular formula is C51H29N5O. The summed E-state index contributed by atoms with van der Waals surface area (Å²) in [6.07, 6.45) is 0. The standard InChI is InChI=1S/C51H29N5O/c52-30-33-29-32(47-35-19-7-11-23-39(35)53-51(54-47)31-15-3-1-4-16-31)27-28-40(33)56-42-25-13-8-20-36(42)44-48-45(50-46(49(44)56)38-22-10-14-26-43(38)57-50)37-21-9-12-24-41(37)55(48)34-17-5-2-6-18-34/h1-29H. The van der Waals surface area contributed by atoms with Crippen LogP contribution in [0.15, 0.2) is 180 Å². The number of hydrogen-bond acceptors (Lipinski definition) is 4. The lowest BCUT2D eigenvalue weighted by molar-refractivity contribution is 0.673. The molecule has 0 atom stereocenters. The highest BCUT2D eigenvalue weighted by atomic mass is 16.3. The van der Waals surface area contributed by atoms with Crippen LogP contribution in [0.5, 0.6) is 0 Å². The molecule has 0 aliphatic rings. The zero-order chi connectivity index (χ0) is 37.6. The molecule has 8 aromatic carbocycles. The molecule has 6 nitrogen and oxygen atoms in total. The zero-order valence-corrected chi connectivity index (χ0v) is 30.4. The Morgan fingerprint density at radius 1 is 0.491 bits per heavy atom. The first kappa shape index (κ1) is 31.4. The largest absolute Gasteiger partial charge is 0.455 e. The Balaban J connectivity index is 1.23. The number of para-hydroxylation sites is 5. The van der Waals surface area contributed by atoms with Crippen LogP contribution in [0.25, 0.3) is 110 Å². The van der Waals surface area contributed by atoms with Gasteiger partial charge in [0.2, 0.25) is 0 Å². The monoisotopic (exact) mass is 727 g/mol. The molecule has 0 fully saturated rings. The Kier molecular flexibility index (Phi) is 6.60. The van der Waals surface area contributed by atoms with E-state index in [9.17, 15) is 5.26 Å². The topological polar surface area (TPSA) is 72.6 Å². The van der Waals surface area contributed by atoms with Gasteiger partial charge in [-0.2, -0.15) is 5.26 Å². The van der Waals surface area contributed by atoms with Crippen LogP contribution < -0.4 is 0 Å². The van der Waals surface area contributed by atoms with E-state index in [1.54, 1.807) is 0 Å². The molecular weight excluding hydrogens is 699 g/mol. The van der Waals surface area contributed by atoms with Crippen LogP contribution in [0.4, 0.5) is 0 Å². The summed E-state index contributed by atoms with van der Waals surface area (Å²) >= 11 is 0. The average molecular weight is 728 g/mol. The minimum Gasteiger partial charge on any atom is -0.455 e. The highest BCUT2D eigenvalue weighted by molar-refractivity contribution is 6.39. The summed E-state index contributed by atoms with van der Waals surface area (Å²) in [6, 6.07) is 62.8. The molecule has 0 aliphatic carbocycles. The fraction of sp³-hybridized carbons (Fsp3) is 0. The van der Waals surface area contributed by atoms with Gasteiger partial charge in [0.15, 0.2) is 5.82 Å². The van der Waals surface area contributed by atoms with Crippen molar-refractivity contribution in [2.45, 2.75) is 0 Å². The van der Waals surface area contributed by atoms with Gasteiger partial charge in [-0.15, -0.1) is 0 Å². The van der Waals surface area contributed by atoms with E-state index in [0.717, 1.165) is 105 Å². The van der Waals surface area contributed by atoms with Gasteiger partial charge in [0.1, 0.15) is 17.2 Å². The van der Waals surface area contributed by atoms with E-state index in [1.165, 1.54) is 0 Å². The Bertz CT molecular complexity index is 3640. The number of nitriles is 1. The predicted octanol–water partition coefficient (Wildman–Crippen LogP) is 12.9. The molecule has 0 unspecified atom stereocenters. The Morgan fingerprint density at radius 3 is 1.86 bits per heavy atom. The van der Waals surface area contributed by atoms with Crippen molar-refractivity contribution in [2.75, 3.05) is 0 Å². The highest BCUT2D eigenvalue weighted by Crippen LogP contribution is 2.49. The van der Waals surface area contributed by atoms with Crippen molar-refractivity contribution >= 4 is 76.5 Å². The summed E-state index contributed by atoms with van der Waals surface area (Å²) < 4.78 is 11.6. The maximum atomic E-state index is 11.1. The fourth-order valence-corrected chi connectivity index (χ4v) is 8.96. The molecule has 4 aromatic heterocycles. The Labute approximate surface area is 325 Å². The maximum absolute atomic E-state index is 11.1. The summed E-state index contributed by atoms with van der Waals surface area (Å²) in [5.74, 6) is 0.640. The smallest absolute Gasteiger partial charge is 0.160 e. The SMILES string of the molecule is N#Cc1cc(-c2nc(-c3ccccc3)nc3ccccc23)ccc1-n1c2ccccc2c2c3c(c4ccccc4n3-c3ccccc3)c3oc4ccccc4c3c21. The van der Waals surface area contributed by atoms with Gasteiger partial charge in [0.05, 0.1) is 55.3 Å². The van der Waals surface area contributed by atoms with Gasteiger partial charge in [0.25, 0.3) is 0 Å². The molecule has 6 heteroatoms. The maximum Gasteiger partial charge on any atom is 0.160 e. The molecule has 12 aromatic rings. The summed E-state index contributed by atoms with van der Waals surface area (Å²) in [6.45, 7) is 0. The normalized spacial score (nSPS) is 11.8. The lowest BCUT2D eigenvalue weighted by atomic mass is 10.0. The molecule has 0 aliphatic heterocycles. The number of rotatable bonds is 4. The third-order valence-corrected chi connectivity index (χ3v) is 11.3. The molecule has 0 spiro atoms. The number of nitrogens with zero attached hydrogens (tertiary/aromatic N) is 5. The third kappa shape index (κ3) is 4.45. The lowest BCUT2D eigenvalue weighted by Gasteiger charge is -2.14. The molecule has 12 rings (SSSR count). The van der Waals surface area contributed by atoms with Crippen molar-refractivity contribution in [3.05, 3.63) is 181 Å². The van der Waals surface area contributed by atoms with Crippen LogP contribution >= 0.6 is 0 Å². The predicted molar refractivity (Wildman–Crippen MR) is 231 cm³/mol. The van der Waals surface area contributed by atoms with Crippen molar-refractivity contribution in [3.63, 3.8) is 0 Å². The van der Waals surface area contributed by atoms with E-state index in [4.69, 9.17) is 14.4 Å². The highest BCUT2D eigenvalue weighted by Gasteiger charge is 2.28. The van der Waals surface area contributed by atoms with E-state index in [0.29, 0.717) is 11.4 Å². The average Bonchev–Trinajstić information content (AvgIpc) is 3.94. The van der Waals surface area contributed by atoms with Gasteiger partial charge in [-0.25, -0.2) is 9.97 Å². The molecule has 0 saturated carbocycles. The first-order chi connectivity index (χ1) is 28.3. The van der Waals surface area contributed by atoms with Crippen molar-refractivity contribution in [2.24, 2.45) is 0 Å². The number of fused-ring (bicyclic) bond motifs is 13. The summed E-state index contributed by atoms with van der Waals surface area (Å²) in [5, 5.41) is 18.4. The van der Waals surface area contributed by atoms with Gasteiger partial charge in [-0.05, 0) is 48.5 Å². The van der Waals surface area contributed by atoms with Crippen LogP contribution in [0, 0.1) is 11.3 Å². The third-order valence-electron chi connectivity index (χ3n) is 11.3. The molecule has 4 heterocycles. The van der Waals surface area contributed by atoms with Crippen LogP contribution in [-0.4, -0.2) is 19.1 Å². The van der Waals surface area contributed by atoms with Crippen LogP contribution in [0.1, 0.15) is 5.56 Å². The van der Waals surface area contributed by atoms with Gasteiger partial charge in [-0.1, -0.05) is 127 Å². The minimum absolute atomic E-state index is 0.531. The minimum atomic E-state index is 0.531. The van der Waals surface area contributed by atoms with Crippen molar-refractivity contribution in [3.8, 4) is 40.1 Å². The summed E-state index contributed by atoms with van der Waals surface area (Å²) in [5.41, 5.74) is 11.6. The molecule has 264 valence electrons. The number of hydrogen-bond donors (Lipinski definition) is 0. The van der Waals surface area contributed by atoms with Crippen LogP contribution in [-0.2, 0) is 0 Å². The quantitative estimate of drug-likeness (QED) is 0.181. The summed E-state index contributed by atoms with van der Waals surface area (Å²) in [7, 11) is 0. The van der Waals surface area contributed by atoms with E-state index < -0.39 is 0 Å². The first-order valence-electron chi connectivity index (χ1n) is 19.0. The Hall–Kier alpha value is -8.01. The second-order valence-electron chi connectivity index (χ2n) is 14.4. The van der Waals surface area contributed by atoms with Crippen molar-refractivity contribution in [1.29, 1.82) is 5.26 Å². The van der Waals surface area contributed by atoms with E-state index in [-0.39, 0.29) is 0 Å². The first-order valence-corrected chi connectivity index (χ1v) is 19.0. The van der Waals surface area contributed by atoms with Crippen LogP contribution in [0.3, 0.4) is 0 Å². The number of furan rings is 1. The van der Waals surface area contributed by atoms with Crippen molar-refractivity contribution in [1.82, 2.24) is 19.1 Å². The Morgan fingerprint density at radius 2 is 1.09 bits per heavy atom. The van der Waals surface area contributed by atoms with E-state index in [1.807, 2.05) is 72.8 Å². The second-order valence-corrected chi connectivity index (χ2v) is 14.4. The van der Waals surface area contributed by atoms with Gasteiger partial charge >= 0.3 is 0 Å². The fourth-order valence-electron chi connectivity index (χ4n) is 8.96. The van der Waals surface area contributed by atoms with Gasteiger partial charge in [0, 0.05) is 43.7 Å². The number of aromatic nitrogens is 4. The second kappa shape index (κ2) is 12.0. The molecule has 0 N–H and O–H groups in total. The molecule has 0 radical (unpaired) electrons. The van der Waals surface area contributed by atoms with Crippen molar-refractivity contribution < 1.29 is 4.42 Å². The molecule has 57 heavy (non-hydrogen) atoms.